The number of benzene rings is 2. The van der Waals surface area contributed by atoms with Crippen molar-refractivity contribution in [3.8, 4) is 0 Å². The Morgan fingerprint density at radius 2 is 1.90 bits per heavy atom. The molecular formula is C13H12ClFN2O2S. The molecule has 0 unspecified atom stereocenters. The Morgan fingerprint density at radius 1 is 1.20 bits per heavy atom. The zero-order chi connectivity index (χ0) is 14.9. The van der Waals surface area contributed by atoms with Crippen LogP contribution in [0.2, 0.25) is 5.02 Å². The number of aryl methyl sites for hydroxylation is 1. The highest BCUT2D eigenvalue weighted by Crippen LogP contribution is 2.25. The fourth-order valence-corrected chi connectivity index (χ4v) is 2.99. The van der Waals surface area contributed by atoms with Crippen molar-refractivity contribution in [2.45, 2.75) is 11.8 Å². The molecule has 0 heterocycles. The number of hydrogen-bond acceptors (Lipinski definition) is 3. The molecule has 0 spiro atoms. The minimum Gasteiger partial charge on any atom is -0.399 e. The Bertz CT molecular complexity index is 763. The zero-order valence-electron chi connectivity index (χ0n) is 10.5. The lowest BCUT2D eigenvalue weighted by Crippen LogP contribution is -2.15. The standard InChI is InChI=1S/C13H12ClFN2O2S/c1-8-2-3-9(14)6-12(8)17-20(18,19)13-5-4-10(16)7-11(13)15/h2-7,17H,16H2,1H3. The van der Waals surface area contributed by atoms with Gasteiger partial charge < -0.3 is 5.73 Å². The van der Waals surface area contributed by atoms with Gasteiger partial charge in [0.05, 0.1) is 5.69 Å². The summed E-state index contributed by atoms with van der Waals surface area (Å²) in [5, 5.41) is 0.381. The molecule has 20 heavy (non-hydrogen) atoms. The lowest BCUT2D eigenvalue weighted by Gasteiger charge is -2.11. The lowest BCUT2D eigenvalue weighted by atomic mass is 10.2. The molecule has 7 heteroatoms. The second-order valence-electron chi connectivity index (χ2n) is 4.25. The molecule has 0 bridgehead atoms. The van der Waals surface area contributed by atoms with E-state index < -0.39 is 20.7 Å². The third-order valence-electron chi connectivity index (χ3n) is 2.69. The summed E-state index contributed by atoms with van der Waals surface area (Å²) < 4.78 is 40.3. The van der Waals surface area contributed by atoms with Crippen molar-refractivity contribution >= 4 is 33.0 Å². The molecule has 0 aliphatic heterocycles. The normalized spacial score (nSPS) is 11.3. The Kier molecular flexibility index (Phi) is 3.87. The molecule has 0 saturated carbocycles. The molecule has 0 fully saturated rings. The van der Waals surface area contributed by atoms with E-state index in [0.29, 0.717) is 16.3 Å². The van der Waals surface area contributed by atoms with Gasteiger partial charge in [0.1, 0.15) is 10.7 Å². The van der Waals surface area contributed by atoms with Crippen molar-refractivity contribution in [2.24, 2.45) is 0 Å². The van der Waals surface area contributed by atoms with Crippen molar-refractivity contribution in [2.75, 3.05) is 10.5 Å². The number of nitrogens with one attached hydrogen (secondary N) is 1. The second kappa shape index (κ2) is 5.30. The Balaban J connectivity index is 2.43. The fourth-order valence-electron chi connectivity index (χ4n) is 1.64. The highest BCUT2D eigenvalue weighted by molar-refractivity contribution is 7.92. The molecule has 3 N–H and O–H groups in total. The molecule has 2 aromatic carbocycles. The molecule has 0 radical (unpaired) electrons. The number of nitrogens with two attached hydrogens (primary N) is 1. The maximum Gasteiger partial charge on any atom is 0.264 e. The Morgan fingerprint density at radius 3 is 2.55 bits per heavy atom. The first kappa shape index (κ1) is 14.6. The predicted molar refractivity (Wildman–Crippen MR) is 77.8 cm³/mol. The van der Waals surface area contributed by atoms with Crippen molar-refractivity contribution in [3.63, 3.8) is 0 Å². The Labute approximate surface area is 121 Å². The first-order chi connectivity index (χ1) is 9.29. The molecule has 2 aromatic rings. The van der Waals surface area contributed by atoms with E-state index in [-0.39, 0.29) is 5.69 Å². The number of sulfonamides is 1. The van der Waals surface area contributed by atoms with E-state index in [4.69, 9.17) is 17.3 Å². The van der Waals surface area contributed by atoms with Gasteiger partial charge in [-0.1, -0.05) is 17.7 Å². The van der Waals surface area contributed by atoms with Crippen LogP contribution in [-0.4, -0.2) is 8.42 Å². The van der Waals surface area contributed by atoms with Gasteiger partial charge >= 0.3 is 0 Å². The molecule has 0 aromatic heterocycles. The maximum atomic E-state index is 13.7. The van der Waals surface area contributed by atoms with Crippen LogP contribution in [0.25, 0.3) is 0 Å². The minimum absolute atomic E-state index is 0.153. The third kappa shape index (κ3) is 3.02. The van der Waals surface area contributed by atoms with Crippen LogP contribution in [0.4, 0.5) is 15.8 Å². The van der Waals surface area contributed by atoms with Crippen LogP contribution in [-0.2, 0) is 10.0 Å². The van der Waals surface area contributed by atoms with Crippen molar-refractivity contribution < 1.29 is 12.8 Å². The predicted octanol–water partition coefficient (Wildman–Crippen LogP) is 3.17. The summed E-state index contributed by atoms with van der Waals surface area (Å²) in [6, 6.07) is 8.16. The summed E-state index contributed by atoms with van der Waals surface area (Å²) in [6.07, 6.45) is 0. The first-order valence-corrected chi connectivity index (χ1v) is 7.50. The quantitative estimate of drug-likeness (QED) is 0.855. The number of nitrogen functional groups attached to an aromatic ring is 1. The van der Waals surface area contributed by atoms with Crippen LogP contribution < -0.4 is 10.5 Å². The van der Waals surface area contributed by atoms with Gasteiger partial charge in [-0.15, -0.1) is 0 Å². The van der Waals surface area contributed by atoms with Crippen LogP contribution >= 0.6 is 11.6 Å². The van der Waals surface area contributed by atoms with Gasteiger partial charge in [0, 0.05) is 10.7 Å². The van der Waals surface area contributed by atoms with E-state index in [0.717, 1.165) is 12.1 Å². The lowest BCUT2D eigenvalue weighted by molar-refractivity contribution is 0.571. The van der Waals surface area contributed by atoms with Crippen molar-refractivity contribution in [1.82, 2.24) is 0 Å². The SMILES string of the molecule is Cc1ccc(Cl)cc1NS(=O)(=O)c1ccc(N)cc1F. The molecule has 0 aliphatic carbocycles. The minimum atomic E-state index is -4.04. The van der Waals surface area contributed by atoms with Gasteiger partial charge in [-0.3, -0.25) is 4.72 Å². The van der Waals surface area contributed by atoms with Crippen molar-refractivity contribution in [3.05, 3.63) is 52.8 Å². The van der Waals surface area contributed by atoms with Crippen LogP contribution in [0.5, 0.6) is 0 Å². The number of anilines is 2. The molecule has 0 amide bonds. The first-order valence-electron chi connectivity index (χ1n) is 5.63. The molecule has 0 saturated heterocycles. The average molecular weight is 315 g/mol. The molecule has 2 rings (SSSR count). The zero-order valence-corrected chi connectivity index (χ0v) is 12.1. The van der Waals surface area contributed by atoms with Gasteiger partial charge in [-0.2, -0.15) is 0 Å². The molecule has 4 nitrogen and oxygen atoms in total. The van der Waals surface area contributed by atoms with E-state index in [9.17, 15) is 12.8 Å². The maximum absolute atomic E-state index is 13.7. The second-order valence-corrected chi connectivity index (χ2v) is 6.34. The summed E-state index contributed by atoms with van der Waals surface area (Å²) in [6.45, 7) is 1.72. The molecule has 106 valence electrons. The summed E-state index contributed by atoms with van der Waals surface area (Å²) in [7, 11) is -4.04. The van der Waals surface area contributed by atoms with Crippen LogP contribution in [0.15, 0.2) is 41.3 Å². The van der Waals surface area contributed by atoms with E-state index in [1.807, 2.05) is 0 Å². The van der Waals surface area contributed by atoms with E-state index in [1.165, 1.54) is 12.1 Å². The molecule has 0 atom stereocenters. The topological polar surface area (TPSA) is 72.2 Å². The van der Waals surface area contributed by atoms with Gasteiger partial charge in [-0.05, 0) is 42.8 Å². The summed E-state index contributed by atoms with van der Waals surface area (Å²) in [5.74, 6) is -0.905. The summed E-state index contributed by atoms with van der Waals surface area (Å²) >= 11 is 5.82. The Hall–Kier alpha value is -1.79. The van der Waals surface area contributed by atoms with Gasteiger partial charge in [0.2, 0.25) is 0 Å². The smallest absolute Gasteiger partial charge is 0.264 e. The number of rotatable bonds is 3. The van der Waals surface area contributed by atoms with Gasteiger partial charge in [0.15, 0.2) is 0 Å². The van der Waals surface area contributed by atoms with E-state index in [2.05, 4.69) is 4.72 Å². The van der Waals surface area contributed by atoms with Crippen LogP contribution in [0.1, 0.15) is 5.56 Å². The van der Waals surface area contributed by atoms with E-state index >= 15 is 0 Å². The van der Waals surface area contributed by atoms with Gasteiger partial charge in [-0.25, -0.2) is 12.8 Å². The monoisotopic (exact) mass is 314 g/mol. The largest absolute Gasteiger partial charge is 0.399 e. The van der Waals surface area contributed by atoms with Crippen LogP contribution in [0, 0.1) is 12.7 Å². The van der Waals surface area contributed by atoms with E-state index in [1.54, 1.807) is 19.1 Å². The fraction of sp³-hybridized carbons (Fsp3) is 0.0769. The van der Waals surface area contributed by atoms with Gasteiger partial charge in [0.25, 0.3) is 10.0 Å². The molecule has 0 aliphatic rings. The number of hydrogen-bond donors (Lipinski definition) is 2. The highest BCUT2D eigenvalue weighted by Gasteiger charge is 2.20. The number of halogens is 2. The van der Waals surface area contributed by atoms with Crippen LogP contribution in [0.3, 0.4) is 0 Å². The summed E-state index contributed by atoms with van der Waals surface area (Å²) in [4.78, 5) is -0.467. The average Bonchev–Trinajstić information content (AvgIpc) is 2.33. The third-order valence-corrected chi connectivity index (χ3v) is 4.32. The molecular weight excluding hydrogens is 303 g/mol. The summed E-state index contributed by atoms with van der Waals surface area (Å²) in [5.41, 5.74) is 6.52. The highest BCUT2D eigenvalue weighted by atomic mass is 35.5. The van der Waals surface area contributed by atoms with Crippen molar-refractivity contribution in [1.29, 1.82) is 0 Å².